The van der Waals surface area contributed by atoms with Crippen molar-refractivity contribution in [1.82, 2.24) is 9.80 Å². The van der Waals surface area contributed by atoms with Crippen molar-refractivity contribution in [3.05, 3.63) is 29.8 Å². The van der Waals surface area contributed by atoms with Crippen LogP contribution in [-0.2, 0) is 9.59 Å². The van der Waals surface area contributed by atoms with Crippen molar-refractivity contribution in [2.24, 2.45) is 5.92 Å². The van der Waals surface area contributed by atoms with E-state index >= 15 is 0 Å². The van der Waals surface area contributed by atoms with E-state index in [0.717, 1.165) is 11.3 Å². The number of carbonyl (C=O) groups excluding carboxylic acids is 2. The van der Waals surface area contributed by atoms with Crippen LogP contribution in [0.5, 0.6) is 5.75 Å². The minimum atomic E-state index is -0.202. The van der Waals surface area contributed by atoms with Crippen LogP contribution in [0.1, 0.15) is 31.4 Å². The molecular formula is C17H24N2O3. The molecule has 1 fully saturated rings. The molecule has 0 N–H and O–H groups in total. The van der Waals surface area contributed by atoms with E-state index < -0.39 is 0 Å². The van der Waals surface area contributed by atoms with Gasteiger partial charge in [0, 0.05) is 27.1 Å². The Morgan fingerprint density at radius 1 is 1.32 bits per heavy atom. The average molecular weight is 304 g/mol. The van der Waals surface area contributed by atoms with Crippen molar-refractivity contribution in [2.45, 2.75) is 25.8 Å². The molecule has 0 aliphatic carbocycles. The topological polar surface area (TPSA) is 49.9 Å². The van der Waals surface area contributed by atoms with Crippen molar-refractivity contribution >= 4 is 11.8 Å². The van der Waals surface area contributed by atoms with E-state index in [0.29, 0.717) is 19.4 Å². The van der Waals surface area contributed by atoms with Gasteiger partial charge >= 0.3 is 0 Å². The summed E-state index contributed by atoms with van der Waals surface area (Å²) in [6.07, 6.45) is 1.04. The number of nitrogens with zero attached hydrogens (tertiary/aromatic N) is 2. The van der Waals surface area contributed by atoms with Crippen LogP contribution < -0.4 is 4.74 Å². The van der Waals surface area contributed by atoms with Gasteiger partial charge in [-0.2, -0.15) is 0 Å². The van der Waals surface area contributed by atoms with Gasteiger partial charge in [0.15, 0.2) is 0 Å². The Kier molecular flexibility index (Phi) is 5.06. The minimum Gasteiger partial charge on any atom is -0.497 e. The highest BCUT2D eigenvalue weighted by molar-refractivity contribution is 5.84. The Labute approximate surface area is 131 Å². The first-order chi connectivity index (χ1) is 10.5. The Bertz CT molecular complexity index is 539. The van der Waals surface area contributed by atoms with Crippen LogP contribution in [-0.4, -0.2) is 49.4 Å². The number of benzene rings is 1. The number of likely N-dealkylation sites (tertiary alicyclic amines) is 1. The maximum atomic E-state index is 12.5. The van der Waals surface area contributed by atoms with Crippen molar-refractivity contribution in [1.29, 1.82) is 0 Å². The first kappa shape index (κ1) is 16.3. The van der Waals surface area contributed by atoms with E-state index in [1.807, 2.05) is 36.1 Å². The fourth-order valence-electron chi connectivity index (χ4n) is 3.13. The monoisotopic (exact) mass is 304 g/mol. The van der Waals surface area contributed by atoms with Gasteiger partial charge in [0.1, 0.15) is 5.75 Å². The lowest BCUT2D eigenvalue weighted by Gasteiger charge is -2.41. The molecule has 1 aromatic carbocycles. The van der Waals surface area contributed by atoms with Crippen molar-refractivity contribution in [3.63, 3.8) is 0 Å². The number of hydrogen-bond acceptors (Lipinski definition) is 3. The largest absolute Gasteiger partial charge is 0.497 e. The molecular weight excluding hydrogens is 280 g/mol. The third-order valence-electron chi connectivity index (χ3n) is 4.26. The molecule has 22 heavy (non-hydrogen) atoms. The van der Waals surface area contributed by atoms with Crippen LogP contribution >= 0.6 is 0 Å². The Morgan fingerprint density at radius 3 is 2.45 bits per heavy atom. The SMILES string of the molecule is CCN1C(=O)CC[C@@H](C(=O)N(C)C)[C@@H]1c1ccc(OC)cc1. The van der Waals surface area contributed by atoms with E-state index in [1.54, 1.807) is 26.1 Å². The van der Waals surface area contributed by atoms with Crippen LogP contribution in [0.15, 0.2) is 24.3 Å². The standard InChI is InChI=1S/C17H24N2O3/c1-5-19-15(20)11-10-14(17(21)18(2)3)16(19)12-6-8-13(22-4)9-7-12/h6-9,14,16H,5,10-11H2,1-4H3/t14-,16+/m1/s1. The lowest BCUT2D eigenvalue weighted by atomic mass is 9.83. The number of amides is 2. The van der Waals surface area contributed by atoms with E-state index in [4.69, 9.17) is 4.74 Å². The molecule has 1 saturated heterocycles. The molecule has 0 saturated carbocycles. The predicted octanol–water partition coefficient (Wildman–Crippen LogP) is 2.08. The number of rotatable bonds is 4. The number of hydrogen-bond donors (Lipinski definition) is 0. The summed E-state index contributed by atoms with van der Waals surface area (Å²) in [5.41, 5.74) is 0.982. The number of ether oxygens (including phenoxy) is 1. The molecule has 0 unspecified atom stereocenters. The molecule has 2 atom stereocenters. The zero-order valence-electron chi connectivity index (χ0n) is 13.7. The molecule has 1 aliphatic heterocycles. The van der Waals surface area contributed by atoms with Gasteiger partial charge in [0.2, 0.25) is 11.8 Å². The highest BCUT2D eigenvalue weighted by atomic mass is 16.5. The van der Waals surface area contributed by atoms with E-state index in [2.05, 4.69) is 0 Å². The van der Waals surface area contributed by atoms with E-state index in [1.165, 1.54) is 0 Å². The summed E-state index contributed by atoms with van der Waals surface area (Å²) in [4.78, 5) is 28.2. The normalized spacial score (nSPS) is 21.6. The molecule has 0 radical (unpaired) electrons. The third-order valence-corrected chi connectivity index (χ3v) is 4.26. The first-order valence-corrected chi connectivity index (χ1v) is 7.64. The van der Waals surface area contributed by atoms with Crippen LogP contribution in [0.4, 0.5) is 0 Å². The summed E-state index contributed by atoms with van der Waals surface area (Å²) in [7, 11) is 5.15. The first-order valence-electron chi connectivity index (χ1n) is 7.64. The molecule has 2 rings (SSSR count). The van der Waals surface area contributed by atoms with Gasteiger partial charge in [-0.3, -0.25) is 9.59 Å². The minimum absolute atomic E-state index is 0.0757. The smallest absolute Gasteiger partial charge is 0.227 e. The fourth-order valence-corrected chi connectivity index (χ4v) is 3.13. The summed E-state index contributed by atoms with van der Waals surface area (Å²) in [6, 6.07) is 7.44. The van der Waals surface area contributed by atoms with Gasteiger partial charge in [0.25, 0.3) is 0 Å². The Morgan fingerprint density at radius 2 is 1.95 bits per heavy atom. The lowest BCUT2D eigenvalue weighted by molar-refractivity contribution is -0.146. The molecule has 1 aliphatic rings. The summed E-state index contributed by atoms with van der Waals surface area (Å²) in [5.74, 6) is 0.767. The molecule has 5 nitrogen and oxygen atoms in total. The maximum Gasteiger partial charge on any atom is 0.227 e. The van der Waals surface area contributed by atoms with Crippen molar-refractivity contribution < 1.29 is 14.3 Å². The molecule has 0 bridgehead atoms. The lowest BCUT2D eigenvalue weighted by Crippen LogP contribution is -2.47. The quantitative estimate of drug-likeness (QED) is 0.856. The zero-order valence-corrected chi connectivity index (χ0v) is 13.7. The average Bonchev–Trinajstić information content (AvgIpc) is 2.53. The summed E-state index contributed by atoms with van der Waals surface area (Å²) < 4.78 is 5.19. The second-order valence-corrected chi connectivity index (χ2v) is 5.78. The summed E-state index contributed by atoms with van der Waals surface area (Å²) >= 11 is 0. The maximum absolute atomic E-state index is 12.5. The Hall–Kier alpha value is -2.04. The molecule has 1 heterocycles. The highest BCUT2D eigenvalue weighted by Crippen LogP contribution is 2.37. The number of piperidine rings is 1. The molecule has 0 aromatic heterocycles. The summed E-state index contributed by atoms with van der Waals surface area (Å²) in [5, 5.41) is 0. The summed E-state index contributed by atoms with van der Waals surface area (Å²) in [6.45, 7) is 2.56. The second-order valence-electron chi connectivity index (χ2n) is 5.78. The molecule has 5 heteroatoms. The van der Waals surface area contributed by atoms with Gasteiger partial charge in [-0.25, -0.2) is 0 Å². The molecule has 120 valence electrons. The number of methoxy groups -OCH3 is 1. The third kappa shape index (κ3) is 3.08. The van der Waals surface area contributed by atoms with E-state index in [-0.39, 0.29) is 23.8 Å². The van der Waals surface area contributed by atoms with Gasteiger partial charge in [0.05, 0.1) is 19.1 Å². The molecule has 0 spiro atoms. The van der Waals surface area contributed by atoms with Gasteiger partial charge in [-0.15, -0.1) is 0 Å². The van der Waals surface area contributed by atoms with E-state index in [9.17, 15) is 9.59 Å². The van der Waals surface area contributed by atoms with Crippen molar-refractivity contribution in [2.75, 3.05) is 27.7 Å². The second kappa shape index (κ2) is 6.81. The fraction of sp³-hybridized carbons (Fsp3) is 0.529. The predicted molar refractivity (Wildman–Crippen MR) is 84.5 cm³/mol. The van der Waals surface area contributed by atoms with Gasteiger partial charge in [-0.05, 0) is 31.0 Å². The van der Waals surface area contributed by atoms with Crippen LogP contribution in [0.3, 0.4) is 0 Å². The number of carbonyl (C=O) groups is 2. The van der Waals surface area contributed by atoms with Crippen LogP contribution in [0.25, 0.3) is 0 Å². The van der Waals surface area contributed by atoms with Gasteiger partial charge < -0.3 is 14.5 Å². The molecule has 1 aromatic rings. The van der Waals surface area contributed by atoms with Crippen LogP contribution in [0, 0.1) is 5.92 Å². The van der Waals surface area contributed by atoms with Gasteiger partial charge in [-0.1, -0.05) is 12.1 Å². The van der Waals surface area contributed by atoms with Crippen molar-refractivity contribution in [3.8, 4) is 5.75 Å². The van der Waals surface area contributed by atoms with Crippen LogP contribution in [0.2, 0.25) is 0 Å². The molecule has 2 amide bonds. The zero-order chi connectivity index (χ0) is 16.3. The highest BCUT2D eigenvalue weighted by Gasteiger charge is 2.40. The Balaban J connectivity index is 2.40.